The van der Waals surface area contributed by atoms with Crippen LogP contribution >= 0.6 is 0 Å². The van der Waals surface area contributed by atoms with Gasteiger partial charge in [-0.1, -0.05) is 0 Å². The van der Waals surface area contributed by atoms with Crippen molar-refractivity contribution in [1.29, 1.82) is 0 Å². The maximum atomic E-state index is 10.3. The number of carbonyl (C=O) groups is 1. The molecule has 3 N–H and O–H groups in total. The van der Waals surface area contributed by atoms with Crippen LogP contribution in [0, 0.1) is 0 Å². The van der Waals surface area contributed by atoms with Crippen LogP contribution in [0.3, 0.4) is 0 Å². The molecule has 1 unspecified atom stereocenters. The van der Waals surface area contributed by atoms with Gasteiger partial charge in [-0.2, -0.15) is 0 Å². The molecule has 1 heterocycles. The summed E-state index contributed by atoms with van der Waals surface area (Å²) < 4.78 is 10.4. The molecule has 0 aromatic carbocycles. The molecule has 1 fully saturated rings. The highest BCUT2D eigenvalue weighted by Gasteiger charge is 2.30. The Kier molecular flexibility index (Phi) is 4.35. The fourth-order valence-electron chi connectivity index (χ4n) is 1.71. The molecule has 1 atom stereocenters. The second-order valence-corrected chi connectivity index (χ2v) is 4.41. The van der Waals surface area contributed by atoms with Crippen molar-refractivity contribution in [2.24, 2.45) is 5.73 Å². The highest BCUT2D eigenvalue weighted by atomic mass is 16.5. The highest BCUT2D eigenvalue weighted by molar-refractivity contribution is 5.64. The third-order valence-corrected chi connectivity index (χ3v) is 2.45. The zero-order valence-electron chi connectivity index (χ0n) is 9.41. The lowest BCUT2D eigenvalue weighted by Gasteiger charge is -2.19. The molecular weight excluding hydrogens is 196 g/mol. The molecule has 0 aliphatic carbocycles. The zero-order valence-corrected chi connectivity index (χ0v) is 9.41. The minimum Gasteiger partial charge on any atom is -0.448 e. The number of primary amides is 1. The number of hydrogen-bond donors (Lipinski definition) is 2. The van der Waals surface area contributed by atoms with Crippen LogP contribution in [0.5, 0.6) is 0 Å². The molecule has 0 aromatic heterocycles. The number of rotatable bonds is 5. The third kappa shape index (κ3) is 4.99. The summed E-state index contributed by atoms with van der Waals surface area (Å²) in [5, 5.41) is 3.16. The minimum atomic E-state index is -0.727. The number of carbonyl (C=O) groups excluding carboxylic acids is 1. The van der Waals surface area contributed by atoms with Crippen molar-refractivity contribution in [3.8, 4) is 0 Å². The van der Waals surface area contributed by atoms with Gasteiger partial charge in [0.25, 0.3) is 0 Å². The Bertz CT molecular complexity index is 219. The molecule has 88 valence electrons. The first-order valence-electron chi connectivity index (χ1n) is 5.30. The summed E-state index contributed by atoms with van der Waals surface area (Å²) in [4.78, 5) is 10.3. The largest absolute Gasteiger partial charge is 0.448 e. The molecule has 1 aliphatic rings. The lowest BCUT2D eigenvalue weighted by molar-refractivity contribution is -0.0143. The van der Waals surface area contributed by atoms with Crippen LogP contribution in [0.4, 0.5) is 4.79 Å². The Morgan fingerprint density at radius 1 is 1.67 bits per heavy atom. The second kappa shape index (κ2) is 5.32. The SMILES string of the molecule is CC1(C)CCC(CNCCOC(N)=O)O1. The Balaban J connectivity index is 1.99. The van der Waals surface area contributed by atoms with Crippen molar-refractivity contribution in [1.82, 2.24) is 5.32 Å². The molecule has 0 radical (unpaired) electrons. The summed E-state index contributed by atoms with van der Waals surface area (Å²) >= 11 is 0. The third-order valence-electron chi connectivity index (χ3n) is 2.45. The van der Waals surface area contributed by atoms with Gasteiger partial charge in [-0.15, -0.1) is 0 Å². The zero-order chi connectivity index (χ0) is 11.3. The average Bonchev–Trinajstić information content (AvgIpc) is 2.44. The Labute approximate surface area is 90.3 Å². The van der Waals surface area contributed by atoms with Gasteiger partial charge < -0.3 is 20.5 Å². The first-order valence-corrected chi connectivity index (χ1v) is 5.30. The van der Waals surface area contributed by atoms with Crippen LogP contribution in [0.15, 0.2) is 0 Å². The van der Waals surface area contributed by atoms with Gasteiger partial charge in [0.2, 0.25) is 0 Å². The van der Waals surface area contributed by atoms with Gasteiger partial charge in [-0.3, -0.25) is 0 Å². The average molecular weight is 216 g/mol. The van der Waals surface area contributed by atoms with Gasteiger partial charge in [-0.05, 0) is 26.7 Å². The first-order chi connectivity index (χ1) is 6.99. The number of nitrogens with one attached hydrogen (secondary N) is 1. The lowest BCUT2D eigenvalue weighted by atomic mass is 10.1. The van der Waals surface area contributed by atoms with E-state index in [2.05, 4.69) is 23.9 Å². The Morgan fingerprint density at radius 3 is 2.93 bits per heavy atom. The monoisotopic (exact) mass is 216 g/mol. The van der Waals surface area contributed by atoms with Crippen molar-refractivity contribution in [2.45, 2.75) is 38.4 Å². The van der Waals surface area contributed by atoms with E-state index in [0.29, 0.717) is 13.2 Å². The van der Waals surface area contributed by atoms with Gasteiger partial charge in [0, 0.05) is 13.1 Å². The van der Waals surface area contributed by atoms with Crippen molar-refractivity contribution >= 4 is 6.09 Å². The molecule has 1 amide bonds. The molecule has 0 aromatic rings. The quantitative estimate of drug-likeness (QED) is 0.661. The van der Waals surface area contributed by atoms with E-state index in [1.54, 1.807) is 0 Å². The van der Waals surface area contributed by atoms with E-state index in [0.717, 1.165) is 19.4 Å². The fraction of sp³-hybridized carbons (Fsp3) is 0.900. The summed E-state index contributed by atoms with van der Waals surface area (Å²) in [5.41, 5.74) is 4.83. The van der Waals surface area contributed by atoms with Crippen molar-refractivity contribution in [3.63, 3.8) is 0 Å². The fourth-order valence-corrected chi connectivity index (χ4v) is 1.71. The molecule has 0 saturated carbocycles. The summed E-state index contributed by atoms with van der Waals surface area (Å²) in [6.07, 6.45) is 1.72. The highest BCUT2D eigenvalue weighted by Crippen LogP contribution is 2.28. The number of amides is 1. The Morgan fingerprint density at radius 2 is 2.40 bits per heavy atom. The second-order valence-electron chi connectivity index (χ2n) is 4.41. The van der Waals surface area contributed by atoms with Crippen LogP contribution < -0.4 is 11.1 Å². The van der Waals surface area contributed by atoms with E-state index >= 15 is 0 Å². The molecular formula is C10H20N2O3. The van der Waals surface area contributed by atoms with Crippen LogP contribution in [0.1, 0.15) is 26.7 Å². The minimum absolute atomic E-state index is 0.00999. The van der Waals surface area contributed by atoms with Gasteiger partial charge in [-0.25, -0.2) is 4.79 Å². The van der Waals surface area contributed by atoms with Crippen LogP contribution in [-0.2, 0) is 9.47 Å². The van der Waals surface area contributed by atoms with Crippen LogP contribution in [0.25, 0.3) is 0 Å². The van der Waals surface area contributed by atoms with Crippen molar-refractivity contribution < 1.29 is 14.3 Å². The van der Waals surface area contributed by atoms with Crippen molar-refractivity contribution in [2.75, 3.05) is 19.7 Å². The molecule has 15 heavy (non-hydrogen) atoms. The van der Waals surface area contributed by atoms with Gasteiger partial charge >= 0.3 is 6.09 Å². The summed E-state index contributed by atoms with van der Waals surface area (Å²) in [6, 6.07) is 0. The molecule has 1 saturated heterocycles. The summed E-state index contributed by atoms with van der Waals surface area (Å²) in [7, 11) is 0. The number of nitrogens with two attached hydrogens (primary N) is 1. The van der Waals surface area contributed by atoms with E-state index in [9.17, 15) is 4.79 Å². The summed E-state index contributed by atoms with van der Waals surface area (Å²) in [6.45, 7) is 5.92. The molecule has 1 rings (SSSR count). The number of ether oxygens (including phenoxy) is 2. The molecule has 0 spiro atoms. The normalized spacial score (nSPS) is 24.0. The standard InChI is InChI=1S/C10H20N2O3/c1-10(2)4-3-8(15-10)7-12-5-6-14-9(11)13/h8,12H,3-7H2,1-2H3,(H2,11,13). The van der Waals surface area contributed by atoms with E-state index in [4.69, 9.17) is 10.5 Å². The van der Waals surface area contributed by atoms with E-state index < -0.39 is 6.09 Å². The van der Waals surface area contributed by atoms with Gasteiger partial charge in [0.05, 0.1) is 11.7 Å². The molecule has 0 bridgehead atoms. The van der Waals surface area contributed by atoms with Gasteiger partial charge in [0.15, 0.2) is 0 Å². The lowest BCUT2D eigenvalue weighted by Crippen LogP contribution is -2.32. The molecule has 5 nitrogen and oxygen atoms in total. The van der Waals surface area contributed by atoms with E-state index in [1.807, 2.05) is 0 Å². The van der Waals surface area contributed by atoms with E-state index in [1.165, 1.54) is 0 Å². The maximum absolute atomic E-state index is 10.3. The molecule has 1 aliphatic heterocycles. The molecule has 5 heteroatoms. The maximum Gasteiger partial charge on any atom is 0.404 e. The van der Waals surface area contributed by atoms with E-state index in [-0.39, 0.29) is 11.7 Å². The number of hydrogen-bond acceptors (Lipinski definition) is 4. The topological polar surface area (TPSA) is 73.6 Å². The summed E-state index contributed by atoms with van der Waals surface area (Å²) in [5.74, 6) is 0. The van der Waals surface area contributed by atoms with Crippen molar-refractivity contribution in [3.05, 3.63) is 0 Å². The smallest absolute Gasteiger partial charge is 0.404 e. The van der Waals surface area contributed by atoms with Crippen LogP contribution in [0.2, 0.25) is 0 Å². The predicted octanol–water partition coefficient (Wildman–Crippen LogP) is 0.629. The van der Waals surface area contributed by atoms with Gasteiger partial charge in [0.1, 0.15) is 6.61 Å². The predicted molar refractivity (Wildman–Crippen MR) is 56.6 cm³/mol. The van der Waals surface area contributed by atoms with Crippen LogP contribution in [-0.4, -0.2) is 37.5 Å². The Hall–Kier alpha value is -0.810. The first kappa shape index (κ1) is 12.3.